The van der Waals surface area contributed by atoms with Gasteiger partial charge in [0.15, 0.2) is 0 Å². The Hall–Kier alpha value is -1.43. The molecule has 126 valence electrons. The lowest BCUT2D eigenvalue weighted by Gasteiger charge is -2.21. The van der Waals surface area contributed by atoms with E-state index in [0.29, 0.717) is 6.54 Å². The van der Waals surface area contributed by atoms with Crippen molar-refractivity contribution >= 4 is 11.3 Å². The van der Waals surface area contributed by atoms with Crippen molar-refractivity contribution in [2.75, 3.05) is 19.6 Å². The summed E-state index contributed by atoms with van der Waals surface area (Å²) < 4.78 is 6.01. The average molecular weight is 334 g/mol. The summed E-state index contributed by atoms with van der Waals surface area (Å²) in [5.41, 5.74) is 6.75. The second-order valence-electron chi connectivity index (χ2n) is 5.60. The van der Waals surface area contributed by atoms with Crippen LogP contribution in [0.1, 0.15) is 32.1 Å². The number of hydrogen-bond donors (Lipinski definition) is 1. The number of rotatable bonds is 9. The zero-order valence-electron chi connectivity index (χ0n) is 14.3. The van der Waals surface area contributed by atoms with Crippen LogP contribution in [0.3, 0.4) is 0 Å². The summed E-state index contributed by atoms with van der Waals surface area (Å²) in [7, 11) is 0. The fourth-order valence-electron chi connectivity index (χ4n) is 2.41. The molecule has 0 radical (unpaired) electrons. The van der Waals surface area contributed by atoms with E-state index in [1.807, 2.05) is 18.3 Å². The maximum absolute atomic E-state index is 6.01. The van der Waals surface area contributed by atoms with Crippen molar-refractivity contribution in [2.45, 2.75) is 39.8 Å². The largest absolute Gasteiger partial charge is 0.491 e. The van der Waals surface area contributed by atoms with Crippen LogP contribution in [0.15, 0.2) is 30.5 Å². The number of ether oxygens (including phenoxy) is 1. The smallest absolute Gasteiger partial charge is 0.123 e. The van der Waals surface area contributed by atoms with E-state index in [4.69, 9.17) is 10.5 Å². The third kappa shape index (κ3) is 5.30. The molecule has 2 aromatic rings. The molecule has 5 heteroatoms. The normalized spacial score (nSPS) is 12.6. The molecule has 1 atom stereocenters. The SMILES string of the molecule is CCN(CC)CCC(C)Oc1ccc(-c2ncc(CN)s2)cc1. The van der Waals surface area contributed by atoms with Gasteiger partial charge in [0.1, 0.15) is 10.8 Å². The van der Waals surface area contributed by atoms with E-state index in [1.54, 1.807) is 11.3 Å². The first kappa shape index (κ1) is 17.9. The van der Waals surface area contributed by atoms with Crippen LogP contribution in [-0.4, -0.2) is 35.6 Å². The van der Waals surface area contributed by atoms with Crippen LogP contribution in [0.5, 0.6) is 5.75 Å². The first-order valence-electron chi connectivity index (χ1n) is 8.30. The van der Waals surface area contributed by atoms with E-state index in [0.717, 1.165) is 47.3 Å². The zero-order valence-corrected chi connectivity index (χ0v) is 15.1. The van der Waals surface area contributed by atoms with Gasteiger partial charge < -0.3 is 15.4 Å². The average Bonchev–Trinajstić information content (AvgIpc) is 3.05. The van der Waals surface area contributed by atoms with Crippen LogP contribution < -0.4 is 10.5 Å². The monoisotopic (exact) mass is 333 g/mol. The highest BCUT2D eigenvalue weighted by molar-refractivity contribution is 7.15. The lowest BCUT2D eigenvalue weighted by Crippen LogP contribution is -2.27. The highest BCUT2D eigenvalue weighted by Crippen LogP contribution is 2.27. The third-order valence-electron chi connectivity index (χ3n) is 3.94. The number of thiazole rings is 1. The maximum atomic E-state index is 6.01. The van der Waals surface area contributed by atoms with E-state index in [9.17, 15) is 0 Å². The van der Waals surface area contributed by atoms with Gasteiger partial charge in [-0.05, 0) is 50.7 Å². The molecule has 0 saturated carbocycles. The Kier molecular flexibility index (Phi) is 7.02. The molecule has 0 fully saturated rings. The molecule has 0 bridgehead atoms. The molecule has 2 N–H and O–H groups in total. The Bertz CT molecular complexity index is 578. The fourth-order valence-corrected chi connectivity index (χ4v) is 3.20. The predicted molar refractivity (Wildman–Crippen MR) is 97.9 cm³/mol. The van der Waals surface area contributed by atoms with Crippen LogP contribution >= 0.6 is 11.3 Å². The Balaban J connectivity index is 1.89. The quantitative estimate of drug-likeness (QED) is 0.759. The van der Waals surface area contributed by atoms with Gasteiger partial charge in [-0.15, -0.1) is 11.3 Å². The molecule has 1 unspecified atom stereocenters. The molecular formula is C18H27N3OS. The van der Waals surface area contributed by atoms with Crippen LogP contribution in [0, 0.1) is 0 Å². The van der Waals surface area contributed by atoms with Gasteiger partial charge in [0.2, 0.25) is 0 Å². The van der Waals surface area contributed by atoms with Crippen molar-refractivity contribution in [1.29, 1.82) is 0 Å². The molecule has 4 nitrogen and oxygen atoms in total. The predicted octanol–water partition coefficient (Wildman–Crippen LogP) is 3.77. The molecule has 1 heterocycles. The summed E-state index contributed by atoms with van der Waals surface area (Å²) in [5, 5.41) is 1.01. The van der Waals surface area contributed by atoms with Crippen LogP contribution in [-0.2, 0) is 6.54 Å². The first-order chi connectivity index (χ1) is 11.2. The van der Waals surface area contributed by atoms with Crippen molar-refractivity contribution in [3.8, 4) is 16.3 Å². The van der Waals surface area contributed by atoms with Crippen molar-refractivity contribution in [2.24, 2.45) is 5.73 Å². The molecule has 0 aliphatic heterocycles. The van der Waals surface area contributed by atoms with Gasteiger partial charge in [-0.25, -0.2) is 4.98 Å². The summed E-state index contributed by atoms with van der Waals surface area (Å²) in [6, 6.07) is 8.16. The Morgan fingerprint density at radius 3 is 2.48 bits per heavy atom. The zero-order chi connectivity index (χ0) is 16.7. The summed E-state index contributed by atoms with van der Waals surface area (Å²) in [4.78, 5) is 7.93. The van der Waals surface area contributed by atoms with E-state index >= 15 is 0 Å². The lowest BCUT2D eigenvalue weighted by molar-refractivity contribution is 0.181. The van der Waals surface area contributed by atoms with Crippen molar-refractivity contribution in [3.05, 3.63) is 35.3 Å². The summed E-state index contributed by atoms with van der Waals surface area (Å²) in [5.74, 6) is 0.913. The molecular weight excluding hydrogens is 306 g/mol. The Labute approximate surface area is 143 Å². The van der Waals surface area contributed by atoms with Crippen LogP contribution in [0.25, 0.3) is 10.6 Å². The van der Waals surface area contributed by atoms with E-state index in [-0.39, 0.29) is 6.10 Å². The minimum absolute atomic E-state index is 0.213. The maximum Gasteiger partial charge on any atom is 0.123 e. The minimum atomic E-state index is 0.213. The number of nitrogens with zero attached hydrogens (tertiary/aromatic N) is 2. The Morgan fingerprint density at radius 2 is 1.91 bits per heavy atom. The minimum Gasteiger partial charge on any atom is -0.491 e. The fraction of sp³-hybridized carbons (Fsp3) is 0.500. The molecule has 0 amide bonds. The van der Waals surface area contributed by atoms with Gasteiger partial charge in [-0.3, -0.25) is 0 Å². The molecule has 23 heavy (non-hydrogen) atoms. The second-order valence-corrected chi connectivity index (χ2v) is 6.72. The van der Waals surface area contributed by atoms with Gasteiger partial charge in [0, 0.05) is 29.7 Å². The number of benzene rings is 1. The van der Waals surface area contributed by atoms with Crippen LogP contribution in [0.4, 0.5) is 0 Å². The highest BCUT2D eigenvalue weighted by Gasteiger charge is 2.08. The van der Waals surface area contributed by atoms with Crippen molar-refractivity contribution in [1.82, 2.24) is 9.88 Å². The molecule has 1 aromatic carbocycles. The van der Waals surface area contributed by atoms with Gasteiger partial charge in [-0.1, -0.05) is 13.8 Å². The molecule has 0 spiro atoms. The van der Waals surface area contributed by atoms with Gasteiger partial charge >= 0.3 is 0 Å². The third-order valence-corrected chi connectivity index (χ3v) is 5.01. The van der Waals surface area contributed by atoms with E-state index in [1.165, 1.54) is 0 Å². The molecule has 1 aromatic heterocycles. The number of nitrogens with two attached hydrogens (primary N) is 1. The Morgan fingerprint density at radius 1 is 1.22 bits per heavy atom. The van der Waals surface area contributed by atoms with Gasteiger partial charge in [0.05, 0.1) is 6.10 Å². The molecule has 0 aliphatic carbocycles. The van der Waals surface area contributed by atoms with Crippen molar-refractivity contribution in [3.63, 3.8) is 0 Å². The van der Waals surface area contributed by atoms with Crippen molar-refractivity contribution < 1.29 is 4.74 Å². The highest BCUT2D eigenvalue weighted by atomic mass is 32.1. The lowest BCUT2D eigenvalue weighted by atomic mass is 10.2. The second kappa shape index (κ2) is 9.01. The number of hydrogen-bond acceptors (Lipinski definition) is 5. The molecule has 0 saturated heterocycles. The standard InChI is InChI=1S/C18H27N3OS/c1-4-21(5-2)11-10-14(3)22-16-8-6-15(7-9-16)18-20-13-17(12-19)23-18/h6-9,13-14H,4-5,10-12,19H2,1-3H3. The number of aromatic nitrogens is 1. The van der Waals surface area contributed by atoms with Crippen LogP contribution in [0.2, 0.25) is 0 Å². The molecule has 2 rings (SSSR count). The van der Waals surface area contributed by atoms with Gasteiger partial charge in [-0.2, -0.15) is 0 Å². The van der Waals surface area contributed by atoms with Gasteiger partial charge in [0.25, 0.3) is 0 Å². The molecule has 0 aliphatic rings. The first-order valence-corrected chi connectivity index (χ1v) is 9.12. The topological polar surface area (TPSA) is 51.4 Å². The van der Waals surface area contributed by atoms with E-state index < -0.39 is 0 Å². The van der Waals surface area contributed by atoms with E-state index in [2.05, 4.69) is 42.8 Å². The summed E-state index contributed by atoms with van der Waals surface area (Å²) in [6.45, 7) is 10.3. The summed E-state index contributed by atoms with van der Waals surface area (Å²) in [6.07, 6.45) is 3.10. The summed E-state index contributed by atoms with van der Waals surface area (Å²) >= 11 is 1.64.